The average Bonchev–Trinajstić information content (AvgIpc) is 2.70. The quantitative estimate of drug-likeness (QED) is 0.903. The second kappa shape index (κ2) is 5.34. The molecule has 1 aromatic carbocycles. The molecule has 0 aliphatic carbocycles. The highest BCUT2D eigenvalue weighted by atomic mass is 35.5. The zero-order chi connectivity index (χ0) is 12.4. The summed E-state index contributed by atoms with van der Waals surface area (Å²) in [5.74, 6) is -0.0219. The molecule has 94 valence electrons. The van der Waals surface area contributed by atoms with E-state index in [0.717, 1.165) is 6.42 Å². The van der Waals surface area contributed by atoms with E-state index in [-0.39, 0.29) is 18.3 Å². The summed E-state index contributed by atoms with van der Waals surface area (Å²) in [6, 6.07) is 4.38. The van der Waals surface area contributed by atoms with Crippen LogP contribution < -0.4 is 0 Å². The first kappa shape index (κ1) is 12.8. The fourth-order valence-corrected chi connectivity index (χ4v) is 2.44. The molecule has 1 aliphatic rings. The highest BCUT2D eigenvalue weighted by molar-refractivity contribution is 6.30. The molecule has 2 nitrogen and oxygen atoms in total. The van der Waals surface area contributed by atoms with Crippen molar-refractivity contribution in [2.75, 3.05) is 6.61 Å². The maximum atomic E-state index is 13.5. The lowest BCUT2D eigenvalue weighted by atomic mass is 9.95. The third kappa shape index (κ3) is 2.97. The summed E-state index contributed by atoms with van der Waals surface area (Å²) < 4.78 is 19.0. The molecule has 1 fully saturated rings. The molecular formula is C13H16ClFO2. The highest BCUT2D eigenvalue weighted by Gasteiger charge is 2.31. The predicted molar refractivity (Wildman–Crippen MR) is 64.6 cm³/mol. The van der Waals surface area contributed by atoms with Crippen LogP contribution in [0.5, 0.6) is 0 Å². The third-order valence-corrected chi connectivity index (χ3v) is 3.50. The maximum absolute atomic E-state index is 13.5. The van der Waals surface area contributed by atoms with Gasteiger partial charge in [-0.15, -0.1) is 0 Å². The largest absolute Gasteiger partial charge is 0.390 e. The third-order valence-electron chi connectivity index (χ3n) is 3.26. The summed E-state index contributed by atoms with van der Waals surface area (Å²) >= 11 is 5.81. The van der Waals surface area contributed by atoms with Crippen LogP contribution in [0.4, 0.5) is 4.39 Å². The Hall–Kier alpha value is -0.640. The van der Waals surface area contributed by atoms with Crippen molar-refractivity contribution in [3.63, 3.8) is 0 Å². The van der Waals surface area contributed by atoms with Gasteiger partial charge < -0.3 is 9.84 Å². The van der Waals surface area contributed by atoms with E-state index in [4.69, 9.17) is 16.3 Å². The molecule has 1 N–H and O–H groups in total. The predicted octanol–water partition coefficient (Wildman–Crippen LogP) is 2.81. The molecule has 0 radical (unpaired) electrons. The summed E-state index contributed by atoms with van der Waals surface area (Å²) in [5, 5.41) is 10.5. The Balaban J connectivity index is 2.07. The van der Waals surface area contributed by atoms with Crippen molar-refractivity contribution >= 4 is 11.6 Å². The van der Waals surface area contributed by atoms with E-state index in [9.17, 15) is 9.50 Å². The molecule has 1 heterocycles. The molecule has 0 spiro atoms. The number of hydrogen-bond acceptors (Lipinski definition) is 2. The lowest BCUT2D eigenvalue weighted by molar-refractivity contribution is -0.0160. The molecule has 1 saturated heterocycles. The highest BCUT2D eigenvalue weighted by Crippen LogP contribution is 2.25. The molecule has 17 heavy (non-hydrogen) atoms. The van der Waals surface area contributed by atoms with Crippen molar-refractivity contribution in [2.24, 2.45) is 5.92 Å². The van der Waals surface area contributed by atoms with Crippen LogP contribution in [0.2, 0.25) is 5.02 Å². The lowest BCUT2D eigenvalue weighted by Gasteiger charge is -2.21. The summed E-state index contributed by atoms with van der Waals surface area (Å²) in [4.78, 5) is 0. The van der Waals surface area contributed by atoms with Gasteiger partial charge in [-0.3, -0.25) is 0 Å². The molecule has 3 atom stereocenters. The number of halogens is 2. The van der Waals surface area contributed by atoms with Crippen LogP contribution in [0.1, 0.15) is 18.9 Å². The Bertz CT molecular complexity index is 397. The van der Waals surface area contributed by atoms with Crippen molar-refractivity contribution < 1.29 is 14.2 Å². The fourth-order valence-electron chi connectivity index (χ4n) is 2.25. The van der Waals surface area contributed by atoms with Crippen LogP contribution in [0.25, 0.3) is 0 Å². The van der Waals surface area contributed by atoms with Gasteiger partial charge in [-0.2, -0.15) is 0 Å². The number of aliphatic hydroxyl groups is 1. The number of hydrogen-bond donors (Lipinski definition) is 1. The van der Waals surface area contributed by atoms with Crippen LogP contribution in [0, 0.1) is 11.7 Å². The second-order valence-electron chi connectivity index (χ2n) is 4.61. The first-order valence-electron chi connectivity index (χ1n) is 5.81. The monoisotopic (exact) mass is 258 g/mol. The SMILES string of the molecule is CC1CCOC1C(O)Cc1cc(Cl)ccc1F. The molecule has 1 aromatic rings. The van der Waals surface area contributed by atoms with E-state index in [1.165, 1.54) is 12.1 Å². The minimum absolute atomic E-state index is 0.201. The van der Waals surface area contributed by atoms with Crippen LogP contribution in [-0.2, 0) is 11.2 Å². The first-order valence-corrected chi connectivity index (χ1v) is 6.19. The van der Waals surface area contributed by atoms with Crippen molar-refractivity contribution in [2.45, 2.75) is 32.0 Å². The van der Waals surface area contributed by atoms with Gasteiger partial charge in [0, 0.05) is 18.1 Å². The van der Waals surface area contributed by atoms with Crippen molar-refractivity contribution in [1.82, 2.24) is 0 Å². The van der Waals surface area contributed by atoms with Crippen molar-refractivity contribution in [3.8, 4) is 0 Å². The molecule has 2 rings (SSSR count). The Labute approximate surface area is 105 Å². The van der Waals surface area contributed by atoms with Gasteiger partial charge in [-0.05, 0) is 36.1 Å². The summed E-state index contributed by atoms with van der Waals surface area (Å²) in [7, 11) is 0. The summed E-state index contributed by atoms with van der Waals surface area (Å²) in [5.41, 5.74) is 0.438. The number of ether oxygens (including phenoxy) is 1. The fraction of sp³-hybridized carbons (Fsp3) is 0.538. The topological polar surface area (TPSA) is 29.5 Å². The number of benzene rings is 1. The van der Waals surface area contributed by atoms with Crippen LogP contribution >= 0.6 is 11.6 Å². The Morgan fingerprint density at radius 3 is 3.00 bits per heavy atom. The van der Waals surface area contributed by atoms with E-state index in [2.05, 4.69) is 0 Å². The summed E-state index contributed by atoms with van der Waals surface area (Å²) in [6.45, 7) is 2.70. The van der Waals surface area contributed by atoms with E-state index in [1.54, 1.807) is 6.07 Å². The molecule has 1 aliphatic heterocycles. The van der Waals surface area contributed by atoms with Gasteiger partial charge in [0.1, 0.15) is 5.82 Å². The minimum Gasteiger partial charge on any atom is -0.390 e. The van der Waals surface area contributed by atoms with Crippen LogP contribution in [0.15, 0.2) is 18.2 Å². The van der Waals surface area contributed by atoms with Crippen LogP contribution in [0.3, 0.4) is 0 Å². The number of aliphatic hydroxyl groups excluding tert-OH is 1. The van der Waals surface area contributed by atoms with E-state index >= 15 is 0 Å². The standard InChI is InChI=1S/C13H16ClFO2/c1-8-4-5-17-13(8)12(16)7-9-6-10(14)2-3-11(9)15/h2-3,6,8,12-13,16H,4-5,7H2,1H3. The average molecular weight is 259 g/mol. The number of rotatable bonds is 3. The van der Waals surface area contributed by atoms with Gasteiger partial charge in [-0.1, -0.05) is 18.5 Å². The van der Waals surface area contributed by atoms with E-state index < -0.39 is 6.10 Å². The molecule has 0 bridgehead atoms. The smallest absolute Gasteiger partial charge is 0.126 e. The zero-order valence-corrected chi connectivity index (χ0v) is 10.5. The molecule has 0 amide bonds. The van der Waals surface area contributed by atoms with E-state index in [1.807, 2.05) is 6.92 Å². The van der Waals surface area contributed by atoms with Gasteiger partial charge in [0.2, 0.25) is 0 Å². The molecule has 3 unspecified atom stereocenters. The summed E-state index contributed by atoms with van der Waals surface area (Å²) in [6.07, 6.45) is 0.301. The lowest BCUT2D eigenvalue weighted by Crippen LogP contribution is -2.32. The van der Waals surface area contributed by atoms with Gasteiger partial charge >= 0.3 is 0 Å². The minimum atomic E-state index is -0.680. The van der Waals surface area contributed by atoms with Gasteiger partial charge in [0.05, 0.1) is 12.2 Å². The Morgan fingerprint density at radius 1 is 1.59 bits per heavy atom. The Kier molecular flexibility index (Phi) is 4.02. The van der Waals surface area contributed by atoms with Gasteiger partial charge in [0.25, 0.3) is 0 Å². The van der Waals surface area contributed by atoms with Gasteiger partial charge in [0.15, 0.2) is 0 Å². The van der Waals surface area contributed by atoms with Gasteiger partial charge in [-0.25, -0.2) is 4.39 Å². The maximum Gasteiger partial charge on any atom is 0.126 e. The van der Waals surface area contributed by atoms with E-state index in [0.29, 0.717) is 23.1 Å². The Morgan fingerprint density at radius 2 is 2.35 bits per heavy atom. The normalized spacial score (nSPS) is 26.1. The molecule has 0 saturated carbocycles. The second-order valence-corrected chi connectivity index (χ2v) is 5.05. The molecule has 4 heteroatoms. The van der Waals surface area contributed by atoms with Crippen molar-refractivity contribution in [1.29, 1.82) is 0 Å². The first-order chi connectivity index (χ1) is 8.08. The molecular weight excluding hydrogens is 243 g/mol. The zero-order valence-electron chi connectivity index (χ0n) is 9.70. The van der Waals surface area contributed by atoms with Crippen molar-refractivity contribution in [3.05, 3.63) is 34.6 Å². The van der Waals surface area contributed by atoms with Crippen LogP contribution in [-0.4, -0.2) is 23.9 Å². The molecule has 0 aromatic heterocycles.